The van der Waals surface area contributed by atoms with Crippen molar-refractivity contribution in [1.29, 1.82) is 0 Å². The number of carbonyl (C=O) groups is 2. The third-order valence-electron chi connectivity index (χ3n) is 5.21. The minimum absolute atomic E-state index is 0.0305. The largest absolute Gasteiger partial charge is 0.497 e. The number of sulfone groups is 1. The molecular weight excluding hydrogens is 442 g/mol. The van der Waals surface area contributed by atoms with E-state index in [1.807, 2.05) is 0 Å². The first-order valence-electron chi connectivity index (χ1n) is 9.38. The van der Waals surface area contributed by atoms with Crippen molar-refractivity contribution in [3.63, 3.8) is 0 Å². The van der Waals surface area contributed by atoms with Crippen molar-refractivity contribution in [1.82, 2.24) is 14.5 Å². The molecule has 0 saturated carbocycles. The van der Waals surface area contributed by atoms with Gasteiger partial charge in [-0.3, -0.25) is 9.69 Å². The van der Waals surface area contributed by atoms with E-state index in [1.165, 1.54) is 16.7 Å². The summed E-state index contributed by atoms with van der Waals surface area (Å²) in [6.45, 7) is 0.437. The van der Waals surface area contributed by atoms with Gasteiger partial charge in [0.25, 0.3) is 5.91 Å². The summed E-state index contributed by atoms with van der Waals surface area (Å²) in [5.41, 5.74) is 1.88. The molecule has 11 heteroatoms. The second-order valence-corrected chi connectivity index (χ2v) is 10.1. The summed E-state index contributed by atoms with van der Waals surface area (Å²) in [6.07, 6.45) is 3.21. The summed E-state index contributed by atoms with van der Waals surface area (Å²) in [4.78, 5) is 30.6. The van der Waals surface area contributed by atoms with E-state index in [0.717, 1.165) is 5.56 Å². The molecule has 0 radical (unpaired) electrons. The van der Waals surface area contributed by atoms with E-state index in [-0.39, 0.29) is 34.5 Å². The minimum Gasteiger partial charge on any atom is -0.497 e. The molecule has 1 saturated heterocycles. The number of aromatic nitrogens is 2. The molecule has 0 aliphatic carbocycles. The Balaban J connectivity index is 1.25. The molecule has 160 valence electrons. The summed E-state index contributed by atoms with van der Waals surface area (Å²) in [5.74, 6) is -0.147. The van der Waals surface area contributed by atoms with Gasteiger partial charge < -0.3 is 14.0 Å². The van der Waals surface area contributed by atoms with Crippen molar-refractivity contribution in [2.24, 2.45) is 0 Å². The molecule has 1 atom stereocenters. The molecule has 2 aromatic rings. The van der Waals surface area contributed by atoms with Crippen LogP contribution in [0.4, 0.5) is 0 Å². The van der Waals surface area contributed by atoms with Crippen LogP contribution in [-0.4, -0.2) is 53.0 Å². The molecule has 3 aliphatic heterocycles. The fraction of sp³-hybridized carbons (Fsp3) is 0.250. The van der Waals surface area contributed by atoms with Gasteiger partial charge in [-0.25, -0.2) is 18.2 Å². The zero-order chi connectivity index (χ0) is 21.8. The molecule has 1 aromatic heterocycles. The third kappa shape index (κ3) is 3.33. The highest BCUT2D eigenvalue weighted by Crippen LogP contribution is 2.45. The van der Waals surface area contributed by atoms with Gasteiger partial charge in [-0.1, -0.05) is 12.1 Å². The molecule has 0 bridgehead atoms. The lowest BCUT2D eigenvalue weighted by atomic mass is 10.0. The molecule has 0 unspecified atom stereocenters. The van der Waals surface area contributed by atoms with Crippen LogP contribution in [0.25, 0.3) is 6.08 Å². The van der Waals surface area contributed by atoms with Crippen LogP contribution in [0.5, 0.6) is 5.75 Å². The second kappa shape index (κ2) is 7.27. The summed E-state index contributed by atoms with van der Waals surface area (Å²) >= 11 is 1.32. The Morgan fingerprint density at radius 1 is 1.32 bits per heavy atom. The molecule has 1 fully saturated rings. The number of methoxy groups -OCH3 is 1. The summed E-state index contributed by atoms with van der Waals surface area (Å²) in [6, 6.07) is 7.14. The topological polar surface area (TPSA) is 108 Å². The van der Waals surface area contributed by atoms with E-state index in [9.17, 15) is 18.0 Å². The Hall–Kier alpha value is -3.05. The Morgan fingerprint density at radius 3 is 2.81 bits per heavy atom. The quantitative estimate of drug-likeness (QED) is 0.377. The first kappa shape index (κ1) is 19.9. The number of β-lactam (4-membered cyclic amide) rings is 1. The molecule has 5 rings (SSSR count). The van der Waals surface area contributed by atoms with Crippen LogP contribution in [0, 0.1) is 0 Å². The van der Waals surface area contributed by atoms with E-state index < -0.39 is 15.8 Å². The number of imidazole rings is 1. The summed E-state index contributed by atoms with van der Waals surface area (Å²) in [5, 5.41) is 1.30. The lowest BCUT2D eigenvalue weighted by Gasteiger charge is -2.37. The Bertz CT molecular complexity index is 1260. The molecule has 1 amide bonds. The minimum atomic E-state index is -3.35. The standard InChI is InChI=1S/C20H17N3O6S2/c1-28-14-4-2-12(3-5-14)10-29-19(25)16-11-30-18-15(17(24)23(16)18)8-13-9-22-6-7-31(26,27)20(22)21-13/h2-5,8-9,11,18H,6-7,10H2,1H3/b15-8-/t18-/m1/s1. The van der Waals surface area contributed by atoms with Crippen LogP contribution in [0.1, 0.15) is 11.3 Å². The monoisotopic (exact) mass is 459 g/mol. The number of esters is 1. The van der Waals surface area contributed by atoms with Crippen molar-refractivity contribution in [3.8, 4) is 5.75 Å². The Kier molecular flexibility index (Phi) is 4.67. The van der Waals surface area contributed by atoms with Crippen molar-refractivity contribution in [3.05, 3.63) is 58.4 Å². The summed E-state index contributed by atoms with van der Waals surface area (Å²) in [7, 11) is -1.78. The molecule has 0 spiro atoms. The number of nitrogens with zero attached hydrogens (tertiary/aromatic N) is 3. The van der Waals surface area contributed by atoms with E-state index >= 15 is 0 Å². The fourth-order valence-corrected chi connectivity index (χ4v) is 6.05. The van der Waals surface area contributed by atoms with Crippen LogP contribution >= 0.6 is 11.8 Å². The zero-order valence-electron chi connectivity index (χ0n) is 16.3. The number of benzene rings is 1. The van der Waals surface area contributed by atoms with Crippen molar-refractivity contribution >= 4 is 39.6 Å². The van der Waals surface area contributed by atoms with Crippen LogP contribution < -0.4 is 4.74 Å². The maximum Gasteiger partial charge on any atom is 0.355 e. The molecule has 1 aromatic carbocycles. The normalized spacial score (nSPS) is 22.0. The number of hydrogen-bond donors (Lipinski definition) is 0. The lowest BCUT2D eigenvalue weighted by Crippen LogP contribution is -2.51. The smallest absolute Gasteiger partial charge is 0.355 e. The van der Waals surface area contributed by atoms with Gasteiger partial charge in [0.15, 0.2) is 0 Å². The van der Waals surface area contributed by atoms with Gasteiger partial charge in [0.1, 0.15) is 23.4 Å². The van der Waals surface area contributed by atoms with Crippen LogP contribution in [0.2, 0.25) is 0 Å². The first-order chi connectivity index (χ1) is 14.9. The number of hydrogen-bond acceptors (Lipinski definition) is 8. The molecule has 31 heavy (non-hydrogen) atoms. The number of amides is 1. The lowest BCUT2D eigenvalue weighted by molar-refractivity contribution is -0.146. The first-order valence-corrected chi connectivity index (χ1v) is 12.0. The van der Waals surface area contributed by atoms with Gasteiger partial charge in [-0.05, 0) is 23.8 Å². The Labute approximate surface area is 182 Å². The predicted octanol–water partition coefficient (Wildman–Crippen LogP) is 1.56. The van der Waals surface area contributed by atoms with E-state index in [0.29, 0.717) is 23.6 Å². The van der Waals surface area contributed by atoms with Gasteiger partial charge in [-0.2, -0.15) is 0 Å². The second-order valence-electron chi connectivity index (χ2n) is 7.15. The highest BCUT2D eigenvalue weighted by atomic mass is 32.2. The average Bonchev–Trinajstić information content (AvgIpc) is 3.44. The van der Waals surface area contributed by atoms with Gasteiger partial charge >= 0.3 is 5.97 Å². The molecule has 3 aliphatic rings. The summed E-state index contributed by atoms with van der Waals surface area (Å²) < 4.78 is 35.9. The van der Waals surface area contributed by atoms with E-state index in [2.05, 4.69) is 4.98 Å². The number of rotatable bonds is 5. The zero-order valence-corrected chi connectivity index (χ0v) is 18.0. The molecular formula is C20H17N3O6S2. The van der Waals surface area contributed by atoms with Crippen molar-refractivity contribution in [2.45, 2.75) is 23.7 Å². The van der Waals surface area contributed by atoms with Crippen LogP contribution in [0.3, 0.4) is 0 Å². The number of carbonyl (C=O) groups excluding carboxylic acids is 2. The SMILES string of the molecule is COc1ccc(COC(=O)C2=CS[C@@H]3/C(=C\c4cn5c(n4)S(=O)(=O)CC5)C(=O)N23)cc1. The number of thioether (sulfide) groups is 1. The van der Waals surface area contributed by atoms with Crippen molar-refractivity contribution < 1.29 is 27.5 Å². The fourth-order valence-electron chi connectivity index (χ4n) is 3.57. The third-order valence-corrected chi connectivity index (χ3v) is 7.90. The molecule has 0 N–H and O–H groups in total. The maximum absolute atomic E-state index is 12.6. The van der Waals surface area contributed by atoms with Crippen molar-refractivity contribution in [2.75, 3.05) is 12.9 Å². The van der Waals surface area contributed by atoms with Gasteiger partial charge in [0.2, 0.25) is 15.0 Å². The van der Waals surface area contributed by atoms with E-state index in [1.54, 1.807) is 53.6 Å². The number of fused-ring (bicyclic) bond motifs is 2. The highest BCUT2D eigenvalue weighted by Gasteiger charge is 2.50. The highest BCUT2D eigenvalue weighted by molar-refractivity contribution is 8.03. The molecule has 9 nitrogen and oxygen atoms in total. The van der Waals surface area contributed by atoms with Crippen LogP contribution in [0.15, 0.2) is 52.3 Å². The molecule has 4 heterocycles. The average molecular weight is 460 g/mol. The number of ether oxygens (including phenoxy) is 2. The van der Waals surface area contributed by atoms with Gasteiger partial charge in [0, 0.05) is 18.1 Å². The van der Waals surface area contributed by atoms with Gasteiger partial charge in [-0.15, -0.1) is 11.8 Å². The predicted molar refractivity (Wildman–Crippen MR) is 111 cm³/mol. The van der Waals surface area contributed by atoms with E-state index in [4.69, 9.17) is 9.47 Å². The van der Waals surface area contributed by atoms with Crippen LogP contribution in [-0.2, 0) is 37.3 Å². The Morgan fingerprint density at radius 2 is 2.10 bits per heavy atom. The number of aryl methyl sites for hydroxylation is 1. The van der Waals surface area contributed by atoms with Gasteiger partial charge in [0.05, 0.1) is 24.1 Å². The maximum atomic E-state index is 12.6.